The fourth-order valence-electron chi connectivity index (χ4n) is 3.39. The second-order valence-electron chi connectivity index (χ2n) is 7.93. The highest BCUT2D eigenvalue weighted by molar-refractivity contribution is 7.90. The molecule has 1 atom stereocenters. The van der Waals surface area contributed by atoms with Crippen LogP contribution in [0, 0.1) is 6.92 Å². The average molecular weight is 466 g/mol. The molecule has 0 spiro atoms. The minimum Gasteiger partial charge on any atom is -0.354 e. The van der Waals surface area contributed by atoms with E-state index in [1.165, 1.54) is 11.8 Å². The van der Waals surface area contributed by atoms with Crippen molar-refractivity contribution < 1.29 is 14.4 Å². The molecule has 3 heterocycles. The van der Waals surface area contributed by atoms with Gasteiger partial charge >= 0.3 is 0 Å². The zero-order valence-corrected chi connectivity index (χ0v) is 19.7. The van der Waals surface area contributed by atoms with Crippen LogP contribution < -0.4 is 5.32 Å². The Morgan fingerprint density at radius 2 is 1.82 bits per heavy atom. The van der Waals surface area contributed by atoms with Gasteiger partial charge in [-0.1, -0.05) is 29.4 Å². The molecule has 9 heteroatoms. The fourth-order valence-corrected chi connectivity index (χ4v) is 3.96. The van der Waals surface area contributed by atoms with E-state index in [0.29, 0.717) is 34.2 Å². The first-order chi connectivity index (χ1) is 15.8. The molecule has 0 fully saturated rings. The molecule has 0 saturated heterocycles. The second kappa shape index (κ2) is 9.21. The zero-order valence-electron chi connectivity index (χ0n) is 18.9. The first-order valence-corrected chi connectivity index (χ1v) is 12.4. The molecule has 0 bridgehead atoms. The van der Waals surface area contributed by atoms with Crippen molar-refractivity contribution in [1.29, 1.82) is 0 Å². The minimum atomic E-state index is -3.27. The van der Waals surface area contributed by atoms with Crippen molar-refractivity contribution in [3.8, 4) is 34.0 Å². The highest BCUT2D eigenvalue weighted by Crippen LogP contribution is 2.29. The number of aryl methyl sites for hydroxylation is 1. The summed E-state index contributed by atoms with van der Waals surface area (Å²) in [7, 11) is -1.36. The first kappa shape index (κ1) is 22.8. The number of sulfone groups is 1. The first-order valence-electron chi connectivity index (χ1n) is 10.5. The third-order valence-corrected chi connectivity index (χ3v) is 6.99. The van der Waals surface area contributed by atoms with Gasteiger partial charge in [0.1, 0.15) is 16.6 Å². The molecule has 0 radical (unpaired) electrons. The maximum Gasteiger partial charge on any atom is 0.187 e. The van der Waals surface area contributed by atoms with Crippen LogP contribution in [0.1, 0.15) is 30.6 Å². The highest BCUT2D eigenvalue weighted by Gasteiger charge is 2.20. The number of rotatable bonds is 7. The van der Waals surface area contributed by atoms with Crippen molar-refractivity contribution in [2.45, 2.75) is 25.6 Å². The van der Waals surface area contributed by atoms with Gasteiger partial charge in [-0.15, -0.1) is 0 Å². The molecule has 1 unspecified atom stereocenters. The van der Waals surface area contributed by atoms with Crippen molar-refractivity contribution in [2.24, 2.45) is 0 Å². The van der Waals surface area contributed by atoms with Crippen molar-refractivity contribution in [3.05, 3.63) is 71.8 Å². The van der Waals surface area contributed by atoms with Crippen LogP contribution in [0.2, 0.25) is 0 Å². The zero-order chi connectivity index (χ0) is 23.6. The molecule has 0 aliphatic heterocycles. The largest absolute Gasteiger partial charge is 0.354 e. The molecule has 8 nitrogen and oxygen atoms in total. The Hall–Kier alpha value is -3.43. The summed E-state index contributed by atoms with van der Waals surface area (Å²) in [5, 5.41) is 6.62. The molecule has 4 rings (SSSR count). The molecule has 4 aromatic rings. The standard InChI is InChI=1S/C24H25N5O3S.H2/c1-15-24(23-12-21(29-32-23)18-7-5-17(6-8-18)13-25-3)28-22(14-27-15)19-9-10-26-20(11-19)16(2)33(4,30)31;/h5-12,14,16,25H,13H2,1-4H3;1H. The normalized spacial score (nSPS) is 12.6. The number of nitrogens with zero attached hydrogens (tertiary/aromatic N) is 4. The van der Waals surface area contributed by atoms with Crippen LogP contribution in [0.4, 0.5) is 0 Å². The quantitative estimate of drug-likeness (QED) is 0.431. The van der Waals surface area contributed by atoms with Crippen LogP contribution in [0.5, 0.6) is 0 Å². The van der Waals surface area contributed by atoms with Crippen LogP contribution in [0.3, 0.4) is 0 Å². The van der Waals surface area contributed by atoms with Crippen LogP contribution in [0.15, 0.2) is 59.4 Å². The number of pyridine rings is 1. The molecule has 33 heavy (non-hydrogen) atoms. The molecule has 172 valence electrons. The predicted molar refractivity (Wildman–Crippen MR) is 129 cm³/mol. The summed E-state index contributed by atoms with van der Waals surface area (Å²) in [5.41, 5.74) is 5.89. The van der Waals surface area contributed by atoms with E-state index in [-0.39, 0.29) is 1.43 Å². The van der Waals surface area contributed by atoms with Crippen LogP contribution in [-0.4, -0.2) is 41.8 Å². The van der Waals surface area contributed by atoms with Gasteiger partial charge in [-0.25, -0.2) is 13.4 Å². The Morgan fingerprint density at radius 3 is 2.52 bits per heavy atom. The summed E-state index contributed by atoms with van der Waals surface area (Å²) in [4.78, 5) is 13.4. The molecule has 0 aliphatic rings. The summed E-state index contributed by atoms with van der Waals surface area (Å²) >= 11 is 0. The Labute approximate surface area is 194 Å². The summed E-state index contributed by atoms with van der Waals surface area (Å²) in [6.07, 6.45) is 4.43. The van der Waals surface area contributed by atoms with Gasteiger partial charge in [-0.3, -0.25) is 9.97 Å². The number of nitrogens with one attached hydrogen (secondary N) is 1. The monoisotopic (exact) mass is 465 g/mol. The van der Waals surface area contributed by atoms with E-state index in [9.17, 15) is 8.42 Å². The molecule has 1 aromatic carbocycles. The smallest absolute Gasteiger partial charge is 0.187 e. The lowest BCUT2D eigenvalue weighted by Gasteiger charge is -2.10. The molecule has 0 aliphatic carbocycles. The lowest BCUT2D eigenvalue weighted by molar-refractivity contribution is 0.433. The van der Waals surface area contributed by atoms with E-state index in [4.69, 9.17) is 9.51 Å². The third kappa shape index (κ3) is 4.99. The third-order valence-electron chi connectivity index (χ3n) is 5.47. The van der Waals surface area contributed by atoms with Gasteiger partial charge in [-0.2, -0.15) is 0 Å². The van der Waals surface area contributed by atoms with Crippen molar-refractivity contribution >= 4 is 9.84 Å². The van der Waals surface area contributed by atoms with Gasteiger partial charge in [0.25, 0.3) is 0 Å². The van der Waals surface area contributed by atoms with Gasteiger partial charge in [0.15, 0.2) is 15.6 Å². The van der Waals surface area contributed by atoms with Gasteiger partial charge in [0, 0.05) is 37.6 Å². The van der Waals surface area contributed by atoms with Crippen LogP contribution >= 0.6 is 0 Å². The lowest BCUT2D eigenvalue weighted by atomic mass is 10.1. The van der Waals surface area contributed by atoms with Crippen molar-refractivity contribution in [1.82, 2.24) is 25.4 Å². The Kier molecular flexibility index (Phi) is 6.35. The van der Waals surface area contributed by atoms with Crippen molar-refractivity contribution in [2.75, 3.05) is 13.3 Å². The molecular weight excluding hydrogens is 438 g/mol. The SMILES string of the molecule is CNCc1ccc(-c2cc(-c3nc(-c4ccnc(C(C)S(C)(=O)=O)c4)cnc3C)on2)cc1.[HH]. The van der Waals surface area contributed by atoms with Crippen molar-refractivity contribution in [3.63, 3.8) is 0 Å². The molecule has 0 amide bonds. The Bertz CT molecular complexity index is 1390. The number of hydrogen-bond donors (Lipinski definition) is 1. The van der Waals surface area contributed by atoms with Gasteiger partial charge in [0.2, 0.25) is 0 Å². The van der Waals surface area contributed by atoms with Gasteiger partial charge < -0.3 is 9.84 Å². The minimum absolute atomic E-state index is 0. The number of benzene rings is 1. The van der Waals surface area contributed by atoms with Crippen LogP contribution in [-0.2, 0) is 16.4 Å². The van der Waals surface area contributed by atoms with E-state index >= 15 is 0 Å². The highest BCUT2D eigenvalue weighted by atomic mass is 32.2. The Balaban J connectivity index is 0.00000324. The van der Waals surface area contributed by atoms with E-state index in [1.54, 1.807) is 31.5 Å². The Morgan fingerprint density at radius 1 is 1.06 bits per heavy atom. The number of aromatic nitrogens is 4. The molecule has 1 N–H and O–H groups in total. The van der Waals surface area contributed by atoms with Gasteiger partial charge in [-0.05, 0) is 38.6 Å². The summed E-state index contributed by atoms with van der Waals surface area (Å²) in [6, 6.07) is 13.5. The number of hydrogen-bond acceptors (Lipinski definition) is 8. The summed E-state index contributed by atoms with van der Waals surface area (Å²) in [5.74, 6) is 0.509. The molecular formula is C24H27N5O3S. The van der Waals surface area contributed by atoms with E-state index in [2.05, 4.69) is 20.4 Å². The second-order valence-corrected chi connectivity index (χ2v) is 10.3. The summed E-state index contributed by atoms with van der Waals surface area (Å²) < 4.78 is 29.5. The average Bonchev–Trinajstić information content (AvgIpc) is 3.29. The predicted octanol–water partition coefficient (Wildman–Crippen LogP) is 4.24. The topological polar surface area (TPSA) is 111 Å². The lowest BCUT2D eigenvalue weighted by Crippen LogP contribution is -2.09. The maximum atomic E-state index is 11.9. The fraction of sp³-hybridized carbons (Fsp3) is 0.250. The van der Waals surface area contributed by atoms with E-state index in [1.807, 2.05) is 44.3 Å². The summed E-state index contributed by atoms with van der Waals surface area (Å²) in [6.45, 7) is 4.27. The van der Waals surface area contributed by atoms with E-state index in [0.717, 1.165) is 17.7 Å². The van der Waals surface area contributed by atoms with Gasteiger partial charge in [0.05, 0.1) is 23.3 Å². The van der Waals surface area contributed by atoms with E-state index < -0.39 is 15.1 Å². The maximum absolute atomic E-state index is 11.9. The van der Waals surface area contributed by atoms with Crippen LogP contribution in [0.25, 0.3) is 34.0 Å². The molecule has 3 aromatic heterocycles. The molecule has 0 saturated carbocycles.